The van der Waals surface area contributed by atoms with E-state index in [4.69, 9.17) is 9.72 Å². The van der Waals surface area contributed by atoms with Gasteiger partial charge in [-0.05, 0) is 56.0 Å². The predicted octanol–water partition coefficient (Wildman–Crippen LogP) is 4.97. The standard InChI is InChI=1S/C25H33N3O2/c1-4-25(29)26-15-9-5-6-12-24-27-21-10-7-8-11-22(21)28(24)16-17-30-23-18-19(2)13-14-20(23)3/h7-8,10-11,13-14,18H,4-6,9,12,15-17H2,1-3H3,(H,26,29). The monoisotopic (exact) mass is 407 g/mol. The zero-order valence-corrected chi connectivity index (χ0v) is 18.4. The number of carbonyl (C=O) groups excluding carboxylic acids is 1. The minimum atomic E-state index is 0.126. The van der Waals surface area contributed by atoms with E-state index in [9.17, 15) is 4.79 Å². The first-order chi connectivity index (χ1) is 14.6. The molecule has 30 heavy (non-hydrogen) atoms. The molecule has 0 radical (unpaired) electrons. The summed E-state index contributed by atoms with van der Waals surface area (Å²) in [6, 6.07) is 14.6. The summed E-state index contributed by atoms with van der Waals surface area (Å²) in [7, 11) is 0. The third-order valence-electron chi connectivity index (χ3n) is 5.37. The number of hydrogen-bond donors (Lipinski definition) is 1. The van der Waals surface area contributed by atoms with E-state index in [-0.39, 0.29) is 5.91 Å². The van der Waals surface area contributed by atoms with Gasteiger partial charge in [0, 0.05) is 19.4 Å². The number of fused-ring (bicyclic) bond motifs is 1. The largest absolute Gasteiger partial charge is 0.491 e. The molecule has 0 aliphatic carbocycles. The Kier molecular flexibility index (Phi) is 7.89. The van der Waals surface area contributed by atoms with Crippen LogP contribution >= 0.6 is 0 Å². The molecule has 0 fully saturated rings. The molecule has 0 saturated carbocycles. The van der Waals surface area contributed by atoms with Gasteiger partial charge < -0.3 is 14.6 Å². The third kappa shape index (κ3) is 5.85. The fourth-order valence-electron chi connectivity index (χ4n) is 3.61. The molecule has 5 heteroatoms. The molecule has 5 nitrogen and oxygen atoms in total. The maximum Gasteiger partial charge on any atom is 0.219 e. The summed E-state index contributed by atoms with van der Waals surface area (Å²) in [5, 5.41) is 2.94. The van der Waals surface area contributed by atoms with Crippen LogP contribution in [-0.2, 0) is 17.8 Å². The van der Waals surface area contributed by atoms with Crippen molar-refractivity contribution >= 4 is 16.9 Å². The third-order valence-corrected chi connectivity index (χ3v) is 5.37. The summed E-state index contributed by atoms with van der Waals surface area (Å²) in [5.74, 6) is 2.19. The van der Waals surface area contributed by atoms with Crippen LogP contribution in [0.15, 0.2) is 42.5 Å². The highest BCUT2D eigenvalue weighted by atomic mass is 16.5. The highest BCUT2D eigenvalue weighted by Gasteiger charge is 2.11. The quantitative estimate of drug-likeness (QED) is 0.457. The van der Waals surface area contributed by atoms with Gasteiger partial charge in [0.1, 0.15) is 18.2 Å². The maximum atomic E-state index is 11.3. The normalized spacial score (nSPS) is 11.0. The number of nitrogens with zero attached hydrogens (tertiary/aromatic N) is 2. The van der Waals surface area contributed by atoms with Crippen LogP contribution in [0.4, 0.5) is 0 Å². The second-order valence-electron chi connectivity index (χ2n) is 7.80. The summed E-state index contributed by atoms with van der Waals surface area (Å²) in [6.07, 6.45) is 4.62. The van der Waals surface area contributed by atoms with Gasteiger partial charge in [0.05, 0.1) is 17.6 Å². The number of aryl methyl sites for hydroxylation is 3. The van der Waals surface area contributed by atoms with Crippen LogP contribution in [0.25, 0.3) is 11.0 Å². The van der Waals surface area contributed by atoms with Gasteiger partial charge >= 0.3 is 0 Å². The Morgan fingerprint density at radius 3 is 2.77 bits per heavy atom. The number of rotatable bonds is 11. The number of hydrogen-bond acceptors (Lipinski definition) is 3. The predicted molar refractivity (Wildman–Crippen MR) is 122 cm³/mol. The van der Waals surface area contributed by atoms with Gasteiger partial charge in [-0.1, -0.05) is 37.6 Å². The fourth-order valence-corrected chi connectivity index (χ4v) is 3.61. The van der Waals surface area contributed by atoms with E-state index >= 15 is 0 Å². The Morgan fingerprint density at radius 1 is 1.10 bits per heavy atom. The van der Waals surface area contributed by atoms with E-state index in [1.165, 1.54) is 5.56 Å². The molecule has 0 aliphatic rings. The number of unbranched alkanes of at least 4 members (excludes halogenated alkanes) is 2. The van der Waals surface area contributed by atoms with Crippen molar-refractivity contribution in [3.05, 3.63) is 59.4 Å². The second-order valence-corrected chi connectivity index (χ2v) is 7.80. The SMILES string of the molecule is CCC(=O)NCCCCCc1nc2ccccc2n1CCOc1cc(C)ccc1C. The molecule has 0 bridgehead atoms. The molecule has 1 aromatic heterocycles. The Hall–Kier alpha value is -2.82. The van der Waals surface area contributed by atoms with E-state index in [2.05, 4.69) is 60.1 Å². The Morgan fingerprint density at radius 2 is 1.93 bits per heavy atom. The number of carbonyl (C=O) groups is 1. The molecule has 1 amide bonds. The van der Waals surface area contributed by atoms with Gasteiger partial charge in [-0.3, -0.25) is 4.79 Å². The fraction of sp³-hybridized carbons (Fsp3) is 0.440. The summed E-state index contributed by atoms with van der Waals surface area (Å²) >= 11 is 0. The van der Waals surface area contributed by atoms with Crippen molar-refractivity contribution in [3.8, 4) is 5.75 Å². The lowest BCUT2D eigenvalue weighted by atomic mass is 10.1. The van der Waals surface area contributed by atoms with Gasteiger partial charge in [0.2, 0.25) is 5.91 Å². The van der Waals surface area contributed by atoms with Crippen molar-refractivity contribution in [1.82, 2.24) is 14.9 Å². The summed E-state index contributed by atoms with van der Waals surface area (Å²) in [4.78, 5) is 16.2. The van der Waals surface area contributed by atoms with Gasteiger partial charge in [-0.2, -0.15) is 0 Å². The Labute approximate surface area is 179 Å². The smallest absolute Gasteiger partial charge is 0.219 e. The van der Waals surface area contributed by atoms with Crippen molar-refractivity contribution in [2.75, 3.05) is 13.2 Å². The first-order valence-electron chi connectivity index (χ1n) is 11.0. The maximum absolute atomic E-state index is 11.3. The molecule has 0 unspecified atom stereocenters. The molecule has 1 N–H and O–H groups in total. The molecule has 0 saturated heterocycles. The average Bonchev–Trinajstić information content (AvgIpc) is 3.10. The van der Waals surface area contributed by atoms with Crippen LogP contribution < -0.4 is 10.1 Å². The second kappa shape index (κ2) is 10.8. The van der Waals surface area contributed by atoms with E-state index in [1.807, 2.05) is 13.0 Å². The molecule has 3 rings (SSSR count). The van der Waals surface area contributed by atoms with Crippen LogP contribution in [0.5, 0.6) is 5.75 Å². The first kappa shape index (κ1) is 21.9. The summed E-state index contributed by atoms with van der Waals surface area (Å²) in [6.45, 7) is 8.18. The molecule has 2 aromatic carbocycles. The van der Waals surface area contributed by atoms with Crippen molar-refractivity contribution in [3.63, 3.8) is 0 Å². The molecule has 0 aliphatic heterocycles. The van der Waals surface area contributed by atoms with Gasteiger partial charge in [-0.25, -0.2) is 4.98 Å². The zero-order valence-electron chi connectivity index (χ0n) is 18.4. The molecular formula is C25H33N3O2. The highest BCUT2D eigenvalue weighted by molar-refractivity contribution is 5.76. The number of aromatic nitrogens is 2. The van der Waals surface area contributed by atoms with Crippen LogP contribution in [0.1, 0.15) is 49.6 Å². The number of para-hydroxylation sites is 2. The van der Waals surface area contributed by atoms with E-state index in [0.29, 0.717) is 13.0 Å². The van der Waals surface area contributed by atoms with Gasteiger partial charge in [0.15, 0.2) is 0 Å². The molecule has 1 heterocycles. The van der Waals surface area contributed by atoms with E-state index in [1.54, 1.807) is 0 Å². The van der Waals surface area contributed by atoms with Crippen molar-refractivity contribution in [1.29, 1.82) is 0 Å². The first-order valence-corrected chi connectivity index (χ1v) is 11.0. The number of nitrogens with one attached hydrogen (secondary N) is 1. The van der Waals surface area contributed by atoms with Crippen LogP contribution in [0, 0.1) is 13.8 Å². The van der Waals surface area contributed by atoms with Crippen LogP contribution in [0.3, 0.4) is 0 Å². The minimum Gasteiger partial charge on any atom is -0.491 e. The van der Waals surface area contributed by atoms with Crippen molar-refractivity contribution < 1.29 is 9.53 Å². The van der Waals surface area contributed by atoms with Crippen molar-refractivity contribution in [2.45, 2.75) is 59.4 Å². The number of ether oxygens (including phenoxy) is 1. The zero-order chi connectivity index (χ0) is 21.3. The van der Waals surface area contributed by atoms with E-state index in [0.717, 1.165) is 66.9 Å². The van der Waals surface area contributed by atoms with Gasteiger partial charge in [0.25, 0.3) is 0 Å². The van der Waals surface area contributed by atoms with E-state index < -0.39 is 0 Å². The average molecular weight is 408 g/mol. The minimum absolute atomic E-state index is 0.126. The number of benzene rings is 2. The molecule has 3 aromatic rings. The molecule has 0 spiro atoms. The Bertz CT molecular complexity index is 978. The summed E-state index contributed by atoms with van der Waals surface area (Å²) < 4.78 is 8.39. The van der Waals surface area contributed by atoms with Crippen LogP contribution in [0.2, 0.25) is 0 Å². The lowest BCUT2D eigenvalue weighted by molar-refractivity contribution is -0.120. The number of imidazole rings is 1. The lowest BCUT2D eigenvalue weighted by Crippen LogP contribution is -2.23. The highest BCUT2D eigenvalue weighted by Crippen LogP contribution is 2.21. The van der Waals surface area contributed by atoms with Gasteiger partial charge in [-0.15, -0.1) is 0 Å². The summed E-state index contributed by atoms with van der Waals surface area (Å²) in [5.41, 5.74) is 4.56. The Balaban J connectivity index is 1.59. The molecule has 160 valence electrons. The number of amides is 1. The van der Waals surface area contributed by atoms with Crippen molar-refractivity contribution in [2.24, 2.45) is 0 Å². The molecular weight excluding hydrogens is 374 g/mol. The topological polar surface area (TPSA) is 56.2 Å². The van der Waals surface area contributed by atoms with Crippen LogP contribution in [-0.4, -0.2) is 28.6 Å². The lowest BCUT2D eigenvalue weighted by Gasteiger charge is -2.13. The molecule has 0 atom stereocenters.